The number of nitrogens with one attached hydrogen (secondary N) is 4. The zero-order valence-electron chi connectivity index (χ0n) is 39.3. The molecule has 356 valence electrons. The highest BCUT2D eigenvalue weighted by atomic mass is 35.5. The van der Waals surface area contributed by atoms with Crippen molar-refractivity contribution in [1.82, 2.24) is 36.0 Å². The normalized spacial score (nSPS) is 23.7. The highest BCUT2D eigenvalue weighted by molar-refractivity contribution is 6.33. The molecule has 0 bridgehead atoms. The van der Waals surface area contributed by atoms with Crippen LogP contribution in [0.1, 0.15) is 117 Å². The van der Waals surface area contributed by atoms with Crippen LogP contribution in [0.3, 0.4) is 0 Å². The van der Waals surface area contributed by atoms with Crippen LogP contribution >= 0.6 is 23.2 Å². The van der Waals surface area contributed by atoms with E-state index in [9.17, 15) is 38.7 Å². The van der Waals surface area contributed by atoms with Crippen LogP contribution in [0.2, 0.25) is 10.0 Å². The SMILES string of the molecule is CC(C)C[C@@H]1NC(=O)[C@@H](N(C)C(=O)[C@@H](NC(=O)[C@H]2c3ccccc3CN2C(=O)[C@@](C)(O)C(C)(C)C)C2CC2)CCCCNC(=O)C(C)(C)NC(=O)[C@H](Cc2cc(Cl)ccc2Cl)N(C)C1=O. The Labute approximate surface area is 393 Å². The summed E-state index contributed by atoms with van der Waals surface area (Å²) in [6.07, 6.45) is 2.39. The van der Waals surface area contributed by atoms with Crippen LogP contribution in [0.5, 0.6) is 0 Å². The number of nitrogens with zero attached hydrogens (tertiary/aromatic N) is 3. The van der Waals surface area contributed by atoms with E-state index in [-0.39, 0.29) is 44.2 Å². The van der Waals surface area contributed by atoms with Crippen molar-refractivity contribution in [3.8, 4) is 0 Å². The molecule has 2 aliphatic heterocycles. The molecule has 5 N–H and O–H groups in total. The van der Waals surface area contributed by atoms with E-state index in [1.54, 1.807) is 65.0 Å². The van der Waals surface area contributed by atoms with Crippen molar-refractivity contribution in [2.45, 2.75) is 148 Å². The second-order valence-corrected chi connectivity index (χ2v) is 21.0. The maximum Gasteiger partial charge on any atom is 0.256 e. The van der Waals surface area contributed by atoms with E-state index in [1.807, 2.05) is 26.0 Å². The number of carbonyl (C=O) groups is 7. The summed E-state index contributed by atoms with van der Waals surface area (Å²) in [6.45, 7) is 13.9. The predicted molar refractivity (Wildman–Crippen MR) is 248 cm³/mol. The minimum Gasteiger partial charge on any atom is -0.380 e. The lowest BCUT2D eigenvalue weighted by molar-refractivity contribution is -0.165. The second-order valence-electron chi connectivity index (χ2n) is 20.1. The molecule has 0 unspecified atom stereocenters. The summed E-state index contributed by atoms with van der Waals surface area (Å²) in [4.78, 5) is 104. The lowest BCUT2D eigenvalue weighted by Gasteiger charge is -2.40. The van der Waals surface area contributed by atoms with E-state index in [0.717, 1.165) is 5.56 Å². The summed E-state index contributed by atoms with van der Waals surface area (Å²) in [7, 11) is 2.96. The van der Waals surface area contributed by atoms with Gasteiger partial charge in [-0.25, -0.2) is 0 Å². The van der Waals surface area contributed by atoms with Crippen LogP contribution in [0.25, 0.3) is 0 Å². The summed E-state index contributed by atoms with van der Waals surface area (Å²) in [5.41, 5.74) is -2.24. The van der Waals surface area contributed by atoms with Crippen LogP contribution in [0, 0.1) is 17.3 Å². The minimum atomic E-state index is -1.82. The number of amides is 7. The van der Waals surface area contributed by atoms with E-state index in [4.69, 9.17) is 23.2 Å². The first kappa shape index (κ1) is 51.3. The molecule has 0 radical (unpaired) electrons. The molecule has 2 aromatic carbocycles. The lowest BCUT2D eigenvalue weighted by Crippen LogP contribution is -2.62. The van der Waals surface area contributed by atoms with Gasteiger partial charge in [-0.15, -0.1) is 0 Å². The monoisotopic (exact) mass is 939 g/mol. The zero-order chi connectivity index (χ0) is 48.3. The van der Waals surface area contributed by atoms with Gasteiger partial charge in [-0.1, -0.05) is 82.1 Å². The fraction of sp³-hybridized carbons (Fsp3) is 0.604. The summed E-state index contributed by atoms with van der Waals surface area (Å²) in [5, 5.41) is 23.8. The Bertz CT molecular complexity index is 2150. The Morgan fingerprint density at radius 1 is 0.969 bits per heavy atom. The van der Waals surface area contributed by atoms with Crippen molar-refractivity contribution in [3.63, 3.8) is 0 Å². The van der Waals surface area contributed by atoms with Gasteiger partial charge in [-0.05, 0) is 111 Å². The fourth-order valence-electron chi connectivity index (χ4n) is 8.38. The standard InChI is InChI=1S/C48H67Cl2N7O8/c1-27(2)23-34-42(61)56(10)36(25-30-24-31(49)20-21-33(30)50)40(59)54-47(6,7)44(63)51-22-14-13-17-35(39(58)52-34)55(9)43(62)37(28-18-19-28)53-41(60)38-32-16-12-11-15-29(32)26-57(38)45(64)48(8,65)46(3,4)5/h11-12,15-16,20-21,24,27-28,34-38,65H,13-14,17-19,22-23,25-26H2,1-10H3,(H,51,63)(H,52,58)(H,53,60)(H,54,59)/t34-,35-,36-,37-,38+,48+/m0/s1. The molecule has 15 nitrogen and oxygen atoms in total. The highest BCUT2D eigenvalue weighted by Crippen LogP contribution is 2.41. The molecule has 2 aromatic rings. The third-order valence-electron chi connectivity index (χ3n) is 13.2. The third-order valence-corrected chi connectivity index (χ3v) is 13.8. The first-order valence-electron chi connectivity index (χ1n) is 22.6. The lowest BCUT2D eigenvalue weighted by atomic mass is 9.76. The van der Waals surface area contributed by atoms with Crippen molar-refractivity contribution in [3.05, 3.63) is 69.2 Å². The number of benzene rings is 2. The Kier molecular flexibility index (Phi) is 16.1. The molecule has 0 spiro atoms. The van der Waals surface area contributed by atoms with Gasteiger partial charge in [0.1, 0.15) is 41.3 Å². The van der Waals surface area contributed by atoms with Gasteiger partial charge in [0.2, 0.25) is 35.4 Å². The Balaban J connectivity index is 1.46. The molecule has 65 heavy (non-hydrogen) atoms. The van der Waals surface area contributed by atoms with Crippen LogP contribution in [-0.2, 0) is 46.5 Å². The summed E-state index contributed by atoms with van der Waals surface area (Å²) in [6, 6.07) is 6.38. The van der Waals surface area contributed by atoms with Gasteiger partial charge in [0.05, 0.1) is 0 Å². The number of carbonyl (C=O) groups excluding carboxylic acids is 7. The Morgan fingerprint density at radius 2 is 1.63 bits per heavy atom. The van der Waals surface area contributed by atoms with Crippen LogP contribution in [0.15, 0.2) is 42.5 Å². The fourth-order valence-corrected chi connectivity index (χ4v) is 8.77. The van der Waals surface area contributed by atoms with E-state index in [2.05, 4.69) is 21.3 Å². The average Bonchev–Trinajstić information content (AvgIpc) is 4.00. The molecule has 17 heteroatoms. The van der Waals surface area contributed by atoms with Crippen molar-refractivity contribution < 1.29 is 38.7 Å². The molecule has 5 rings (SSSR count). The van der Waals surface area contributed by atoms with Gasteiger partial charge in [-0.3, -0.25) is 33.6 Å². The van der Waals surface area contributed by atoms with E-state index in [1.165, 1.54) is 35.7 Å². The van der Waals surface area contributed by atoms with Crippen LogP contribution < -0.4 is 21.3 Å². The average molecular weight is 941 g/mol. The van der Waals surface area contributed by atoms with E-state index < -0.39 is 88.1 Å². The number of rotatable bonds is 10. The molecule has 7 amide bonds. The number of hydrogen-bond donors (Lipinski definition) is 5. The van der Waals surface area contributed by atoms with Gasteiger partial charge < -0.3 is 41.1 Å². The minimum absolute atomic E-state index is 0.0596. The van der Waals surface area contributed by atoms with Crippen molar-refractivity contribution >= 4 is 64.6 Å². The number of likely N-dealkylation sites (N-methyl/N-ethyl adjacent to an activating group) is 2. The molecule has 0 aromatic heterocycles. The molecule has 6 atom stereocenters. The molecule has 1 aliphatic carbocycles. The largest absolute Gasteiger partial charge is 0.380 e. The molecule has 3 aliphatic rings. The highest BCUT2D eigenvalue weighted by Gasteiger charge is 2.51. The van der Waals surface area contributed by atoms with E-state index in [0.29, 0.717) is 46.9 Å². The smallest absolute Gasteiger partial charge is 0.256 e. The number of aliphatic hydroxyl groups is 1. The first-order chi connectivity index (χ1) is 30.3. The molecule has 1 saturated carbocycles. The molecular formula is C48H67Cl2N7O8. The summed E-state index contributed by atoms with van der Waals surface area (Å²) in [5.74, 6) is -4.30. The summed E-state index contributed by atoms with van der Waals surface area (Å²) < 4.78 is 0. The number of hydrogen-bond acceptors (Lipinski definition) is 8. The third kappa shape index (κ3) is 11.8. The Hall–Kier alpha value is -4.73. The van der Waals surface area contributed by atoms with Gasteiger partial charge in [0, 0.05) is 43.7 Å². The van der Waals surface area contributed by atoms with Gasteiger partial charge >= 0.3 is 0 Å². The number of halogens is 2. The number of fused-ring (bicyclic) bond motifs is 1. The molecular weight excluding hydrogens is 873 g/mol. The maximum atomic E-state index is 14.7. The maximum absolute atomic E-state index is 14.7. The van der Waals surface area contributed by atoms with Crippen molar-refractivity contribution in [1.29, 1.82) is 0 Å². The van der Waals surface area contributed by atoms with Crippen LogP contribution in [0.4, 0.5) is 0 Å². The van der Waals surface area contributed by atoms with Crippen LogP contribution in [-0.4, -0.2) is 117 Å². The zero-order valence-corrected chi connectivity index (χ0v) is 40.9. The van der Waals surface area contributed by atoms with Gasteiger partial charge in [0.25, 0.3) is 5.91 Å². The van der Waals surface area contributed by atoms with Gasteiger partial charge in [-0.2, -0.15) is 0 Å². The first-order valence-corrected chi connectivity index (χ1v) is 23.3. The second kappa shape index (κ2) is 20.4. The molecule has 1 saturated heterocycles. The molecule has 2 fully saturated rings. The molecule has 2 heterocycles. The Morgan fingerprint density at radius 3 is 2.26 bits per heavy atom. The summed E-state index contributed by atoms with van der Waals surface area (Å²) >= 11 is 12.9. The predicted octanol–water partition coefficient (Wildman–Crippen LogP) is 4.69. The van der Waals surface area contributed by atoms with Crippen molar-refractivity contribution in [2.75, 3.05) is 20.6 Å². The van der Waals surface area contributed by atoms with E-state index >= 15 is 0 Å². The quantitative estimate of drug-likeness (QED) is 0.226. The van der Waals surface area contributed by atoms with Gasteiger partial charge in [0.15, 0.2) is 0 Å². The van der Waals surface area contributed by atoms with Crippen molar-refractivity contribution in [2.24, 2.45) is 17.3 Å². The topological polar surface area (TPSA) is 198 Å².